The van der Waals surface area contributed by atoms with Crippen LogP contribution in [0.15, 0.2) is 29.1 Å². The smallest absolute Gasteiger partial charge is 0.254 e. The van der Waals surface area contributed by atoms with Crippen LogP contribution in [0.5, 0.6) is 0 Å². The normalized spacial score (nSPS) is 13.4. The molecule has 1 N–H and O–H groups in total. The largest absolute Gasteiger partial charge is 0.378 e. The standard InChI is InChI=1S/C15H17N3O/c1-18(2)11-8-6-10(7-9-11)14-16-13-5-3-4-12(13)15(19)17-14/h6-9H,3-5H2,1-2H3,(H,16,17,19). The number of benzene rings is 1. The topological polar surface area (TPSA) is 49.0 Å². The van der Waals surface area contributed by atoms with Gasteiger partial charge in [-0.3, -0.25) is 4.79 Å². The van der Waals surface area contributed by atoms with Crippen LogP contribution < -0.4 is 10.5 Å². The van der Waals surface area contributed by atoms with Gasteiger partial charge in [-0.25, -0.2) is 4.98 Å². The lowest BCUT2D eigenvalue weighted by Crippen LogP contribution is -2.15. The number of aromatic amines is 1. The number of hydrogen-bond donors (Lipinski definition) is 1. The van der Waals surface area contributed by atoms with E-state index in [-0.39, 0.29) is 5.56 Å². The second-order valence-electron chi connectivity index (χ2n) is 5.13. The maximum atomic E-state index is 12.0. The summed E-state index contributed by atoms with van der Waals surface area (Å²) in [6.45, 7) is 0. The Kier molecular flexibility index (Phi) is 2.85. The van der Waals surface area contributed by atoms with Gasteiger partial charge in [-0.15, -0.1) is 0 Å². The second kappa shape index (κ2) is 4.53. The molecule has 4 nitrogen and oxygen atoms in total. The van der Waals surface area contributed by atoms with Gasteiger partial charge in [0.1, 0.15) is 5.82 Å². The van der Waals surface area contributed by atoms with E-state index in [1.165, 1.54) is 0 Å². The Hall–Kier alpha value is -2.10. The van der Waals surface area contributed by atoms with E-state index in [4.69, 9.17) is 0 Å². The first kappa shape index (κ1) is 12.0. The Morgan fingerprint density at radius 3 is 2.58 bits per heavy atom. The first-order valence-electron chi connectivity index (χ1n) is 6.55. The van der Waals surface area contributed by atoms with Crippen LogP contribution in [-0.2, 0) is 12.8 Å². The van der Waals surface area contributed by atoms with Gasteiger partial charge in [0.05, 0.1) is 5.69 Å². The number of aromatic nitrogens is 2. The van der Waals surface area contributed by atoms with Crippen LogP contribution in [0, 0.1) is 0 Å². The predicted octanol–water partition coefficient (Wildman–Crippen LogP) is 1.99. The third kappa shape index (κ3) is 2.14. The van der Waals surface area contributed by atoms with E-state index in [1.807, 2.05) is 43.3 Å². The van der Waals surface area contributed by atoms with Gasteiger partial charge in [0.15, 0.2) is 0 Å². The first-order valence-corrected chi connectivity index (χ1v) is 6.55. The SMILES string of the molecule is CN(C)c1ccc(-c2nc3c(c(=O)[nH]2)CCC3)cc1. The summed E-state index contributed by atoms with van der Waals surface area (Å²) in [6.07, 6.45) is 2.81. The number of rotatable bonds is 2. The highest BCUT2D eigenvalue weighted by molar-refractivity contribution is 5.60. The van der Waals surface area contributed by atoms with Crippen molar-refractivity contribution in [2.24, 2.45) is 0 Å². The summed E-state index contributed by atoms with van der Waals surface area (Å²) in [4.78, 5) is 21.5. The molecule has 1 aliphatic rings. The average Bonchev–Trinajstić information content (AvgIpc) is 2.87. The van der Waals surface area contributed by atoms with Gasteiger partial charge >= 0.3 is 0 Å². The van der Waals surface area contributed by atoms with E-state index < -0.39 is 0 Å². The molecule has 4 heteroatoms. The van der Waals surface area contributed by atoms with Gasteiger partial charge < -0.3 is 9.88 Å². The minimum atomic E-state index is 0.0224. The molecular formula is C15H17N3O. The van der Waals surface area contributed by atoms with Crippen LogP contribution in [0.1, 0.15) is 17.7 Å². The van der Waals surface area contributed by atoms with Crippen molar-refractivity contribution in [3.05, 3.63) is 45.9 Å². The first-order chi connectivity index (χ1) is 9.15. The fourth-order valence-corrected chi connectivity index (χ4v) is 2.50. The quantitative estimate of drug-likeness (QED) is 0.892. The van der Waals surface area contributed by atoms with Crippen molar-refractivity contribution in [2.75, 3.05) is 19.0 Å². The lowest BCUT2D eigenvalue weighted by Gasteiger charge is -2.12. The number of H-pyrrole nitrogens is 1. The van der Waals surface area contributed by atoms with Crippen LogP contribution in [0.4, 0.5) is 5.69 Å². The van der Waals surface area contributed by atoms with E-state index in [9.17, 15) is 4.79 Å². The van der Waals surface area contributed by atoms with Crippen LogP contribution in [0.2, 0.25) is 0 Å². The number of nitrogens with one attached hydrogen (secondary N) is 1. The summed E-state index contributed by atoms with van der Waals surface area (Å²) >= 11 is 0. The van der Waals surface area contributed by atoms with Crippen molar-refractivity contribution >= 4 is 5.69 Å². The monoisotopic (exact) mass is 255 g/mol. The maximum absolute atomic E-state index is 12.0. The van der Waals surface area contributed by atoms with Gasteiger partial charge in [0.25, 0.3) is 5.56 Å². The molecule has 0 bridgehead atoms. The third-order valence-corrected chi connectivity index (χ3v) is 3.60. The van der Waals surface area contributed by atoms with E-state index in [2.05, 4.69) is 9.97 Å². The number of aryl methyl sites for hydroxylation is 1. The average molecular weight is 255 g/mol. The van der Waals surface area contributed by atoms with E-state index >= 15 is 0 Å². The molecule has 19 heavy (non-hydrogen) atoms. The summed E-state index contributed by atoms with van der Waals surface area (Å²) < 4.78 is 0. The van der Waals surface area contributed by atoms with E-state index in [0.717, 1.165) is 41.8 Å². The lowest BCUT2D eigenvalue weighted by atomic mass is 10.1. The zero-order valence-corrected chi connectivity index (χ0v) is 11.2. The summed E-state index contributed by atoms with van der Waals surface area (Å²) in [5, 5.41) is 0. The fourth-order valence-electron chi connectivity index (χ4n) is 2.50. The summed E-state index contributed by atoms with van der Waals surface area (Å²) in [7, 11) is 4.01. The Morgan fingerprint density at radius 1 is 1.16 bits per heavy atom. The van der Waals surface area contributed by atoms with Crippen molar-refractivity contribution in [3.8, 4) is 11.4 Å². The van der Waals surface area contributed by atoms with Gasteiger partial charge in [0, 0.05) is 30.9 Å². The minimum absolute atomic E-state index is 0.0224. The molecular weight excluding hydrogens is 238 g/mol. The molecule has 3 rings (SSSR count). The zero-order chi connectivity index (χ0) is 13.4. The lowest BCUT2D eigenvalue weighted by molar-refractivity contribution is 0.899. The van der Waals surface area contributed by atoms with Crippen LogP contribution >= 0.6 is 0 Å². The highest BCUT2D eigenvalue weighted by Gasteiger charge is 2.17. The highest BCUT2D eigenvalue weighted by atomic mass is 16.1. The summed E-state index contributed by atoms with van der Waals surface area (Å²) in [5.41, 5.74) is 3.95. The van der Waals surface area contributed by atoms with Crippen molar-refractivity contribution in [1.82, 2.24) is 9.97 Å². The molecule has 0 atom stereocenters. The number of anilines is 1. The Morgan fingerprint density at radius 2 is 1.89 bits per heavy atom. The molecule has 0 aliphatic heterocycles. The zero-order valence-electron chi connectivity index (χ0n) is 11.2. The van der Waals surface area contributed by atoms with E-state index in [0.29, 0.717) is 5.82 Å². The van der Waals surface area contributed by atoms with Crippen LogP contribution in [-0.4, -0.2) is 24.1 Å². The molecule has 0 spiro atoms. The minimum Gasteiger partial charge on any atom is -0.378 e. The number of nitrogens with zero attached hydrogens (tertiary/aromatic N) is 2. The molecule has 0 amide bonds. The molecule has 98 valence electrons. The van der Waals surface area contributed by atoms with Crippen LogP contribution in [0.3, 0.4) is 0 Å². The molecule has 0 saturated heterocycles. The third-order valence-electron chi connectivity index (χ3n) is 3.60. The van der Waals surface area contributed by atoms with Crippen molar-refractivity contribution in [2.45, 2.75) is 19.3 Å². The molecule has 0 unspecified atom stereocenters. The molecule has 1 heterocycles. The van der Waals surface area contributed by atoms with Gasteiger partial charge in [-0.05, 0) is 43.5 Å². The molecule has 1 aliphatic carbocycles. The summed E-state index contributed by atoms with van der Waals surface area (Å²) in [5.74, 6) is 0.677. The van der Waals surface area contributed by atoms with Crippen LogP contribution in [0.25, 0.3) is 11.4 Å². The fraction of sp³-hybridized carbons (Fsp3) is 0.333. The molecule has 0 radical (unpaired) electrons. The molecule has 0 saturated carbocycles. The number of hydrogen-bond acceptors (Lipinski definition) is 3. The maximum Gasteiger partial charge on any atom is 0.254 e. The molecule has 1 aromatic heterocycles. The predicted molar refractivity (Wildman–Crippen MR) is 76.6 cm³/mol. The second-order valence-corrected chi connectivity index (χ2v) is 5.13. The van der Waals surface area contributed by atoms with Gasteiger partial charge in [0.2, 0.25) is 0 Å². The molecule has 2 aromatic rings. The summed E-state index contributed by atoms with van der Waals surface area (Å²) in [6, 6.07) is 8.05. The van der Waals surface area contributed by atoms with E-state index in [1.54, 1.807) is 0 Å². The van der Waals surface area contributed by atoms with Gasteiger partial charge in [-0.2, -0.15) is 0 Å². The van der Waals surface area contributed by atoms with Gasteiger partial charge in [-0.1, -0.05) is 0 Å². The number of fused-ring (bicyclic) bond motifs is 1. The molecule has 0 fully saturated rings. The van der Waals surface area contributed by atoms with Crippen molar-refractivity contribution < 1.29 is 0 Å². The Labute approximate surface area is 112 Å². The van der Waals surface area contributed by atoms with Crippen molar-refractivity contribution in [1.29, 1.82) is 0 Å². The van der Waals surface area contributed by atoms with Crippen molar-refractivity contribution in [3.63, 3.8) is 0 Å². The highest BCUT2D eigenvalue weighted by Crippen LogP contribution is 2.22. The Bertz CT molecular complexity index is 656. The molecule has 1 aromatic carbocycles. The Balaban J connectivity index is 2.03.